The van der Waals surface area contributed by atoms with Gasteiger partial charge in [0.05, 0.1) is 11.5 Å². The minimum absolute atomic E-state index is 0.0734. The van der Waals surface area contributed by atoms with Crippen molar-refractivity contribution in [3.8, 4) is 5.75 Å². The largest absolute Gasteiger partial charge is 0.494 e. The third-order valence-electron chi connectivity index (χ3n) is 4.71. The van der Waals surface area contributed by atoms with Gasteiger partial charge in [0.2, 0.25) is 0 Å². The first-order chi connectivity index (χ1) is 16.4. The molecule has 4 rings (SSSR count). The number of sulfonamides is 1. The molecule has 1 aromatic heterocycles. The number of hydrazine groups is 1. The number of carbonyl (C=O) groups is 2. The molecule has 3 aromatic carbocycles. The van der Waals surface area contributed by atoms with E-state index in [0.717, 1.165) is 0 Å². The average Bonchev–Trinajstić information content (AvgIpc) is 3.31. The molecule has 0 fully saturated rings. The number of rotatable bonds is 7. The van der Waals surface area contributed by atoms with E-state index < -0.39 is 21.8 Å². The van der Waals surface area contributed by atoms with E-state index in [1.807, 2.05) is 6.92 Å². The van der Waals surface area contributed by atoms with Crippen LogP contribution in [0, 0.1) is 0 Å². The summed E-state index contributed by atoms with van der Waals surface area (Å²) < 4.78 is 32.9. The molecule has 0 aliphatic heterocycles. The minimum Gasteiger partial charge on any atom is -0.494 e. The van der Waals surface area contributed by atoms with Gasteiger partial charge in [0.25, 0.3) is 21.8 Å². The van der Waals surface area contributed by atoms with Crippen LogP contribution in [-0.4, -0.2) is 42.2 Å². The number of hydrogen-bond donors (Lipinski definition) is 4. The Balaban J connectivity index is 1.35. The summed E-state index contributed by atoms with van der Waals surface area (Å²) in [5, 5.41) is 10.3. The van der Waals surface area contributed by atoms with Crippen LogP contribution in [0.3, 0.4) is 0 Å². The monoisotopic (exact) mass is 480 g/mol. The summed E-state index contributed by atoms with van der Waals surface area (Å²) in [6.45, 7) is 2.32. The van der Waals surface area contributed by atoms with E-state index in [4.69, 9.17) is 4.74 Å². The first-order valence-electron chi connectivity index (χ1n) is 10.1. The summed E-state index contributed by atoms with van der Waals surface area (Å²) in [4.78, 5) is 24.7. The zero-order valence-corrected chi connectivity index (χ0v) is 18.7. The Morgan fingerprint density at radius 3 is 2.15 bits per heavy atom. The molecule has 0 atom stereocenters. The fourth-order valence-electron chi connectivity index (χ4n) is 3.02. The number of amides is 2. The highest BCUT2D eigenvalue weighted by atomic mass is 32.2. The Bertz CT molecular complexity index is 1430. The molecule has 2 amide bonds. The lowest BCUT2D eigenvalue weighted by atomic mass is 10.2. The summed E-state index contributed by atoms with van der Waals surface area (Å²) >= 11 is 0. The maximum Gasteiger partial charge on any atom is 0.269 e. The molecular formula is C22H20N6O5S. The predicted octanol–water partition coefficient (Wildman–Crippen LogP) is 2.23. The molecule has 0 bridgehead atoms. The first kappa shape index (κ1) is 22.7. The van der Waals surface area contributed by atoms with Crippen LogP contribution in [-0.2, 0) is 10.0 Å². The lowest BCUT2D eigenvalue weighted by Gasteiger charge is -2.10. The van der Waals surface area contributed by atoms with Crippen molar-refractivity contribution in [3.05, 3.63) is 77.9 Å². The standard InChI is InChI=1S/C22H20N6O5S/c1-2-33-17-8-10-18(11-9-17)34(31,32)27-16-6-3-14(4-7-16)21(29)25-26-22(30)15-5-12-19-20(13-15)24-28-23-19/h3-13,27H,2H2,1H3,(H,25,29)(H,26,30)(H,23,24,28). The summed E-state index contributed by atoms with van der Waals surface area (Å²) in [7, 11) is -3.82. The summed E-state index contributed by atoms with van der Waals surface area (Å²) in [6, 6.07) is 16.5. The van der Waals surface area contributed by atoms with E-state index in [-0.39, 0.29) is 16.1 Å². The molecule has 34 heavy (non-hydrogen) atoms. The second-order valence-electron chi connectivity index (χ2n) is 7.02. The van der Waals surface area contributed by atoms with Crippen LogP contribution >= 0.6 is 0 Å². The van der Waals surface area contributed by atoms with Crippen molar-refractivity contribution in [2.24, 2.45) is 0 Å². The number of H-pyrrole nitrogens is 1. The maximum absolute atomic E-state index is 12.6. The molecule has 0 saturated carbocycles. The third kappa shape index (κ3) is 5.13. The minimum atomic E-state index is -3.82. The normalized spacial score (nSPS) is 11.1. The smallest absolute Gasteiger partial charge is 0.269 e. The molecule has 0 aliphatic rings. The summed E-state index contributed by atoms with van der Waals surface area (Å²) in [5.74, 6) is -0.530. The molecule has 0 radical (unpaired) electrons. The van der Waals surface area contributed by atoms with Gasteiger partial charge in [0.15, 0.2) is 0 Å². The van der Waals surface area contributed by atoms with Crippen molar-refractivity contribution in [2.45, 2.75) is 11.8 Å². The molecule has 11 nitrogen and oxygen atoms in total. The highest BCUT2D eigenvalue weighted by Crippen LogP contribution is 2.20. The lowest BCUT2D eigenvalue weighted by Crippen LogP contribution is -2.41. The predicted molar refractivity (Wildman–Crippen MR) is 124 cm³/mol. The quantitative estimate of drug-likeness (QED) is 0.296. The molecule has 0 aliphatic carbocycles. The van der Waals surface area contributed by atoms with Crippen molar-refractivity contribution < 1.29 is 22.7 Å². The Morgan fingerprint density at radius 2 is 1.47 bits per heavy atom. The van der Waals surface area contributed by atoms with E-state index >= 15 is 0 Å². The number of fused-ring (bicyclic) bond motifs is 1. The Morgan fingerprint density at radius 1 is 0.853 bits per heavy atom. The molecule has 12 heteroatoms. The van der Waals surface area contributed by atoms with Gasteiger partial charge in [0.1, 0.15) is 16.8 Å². The van der Waals surface area contributed by atoms with E-state index in [9.17, 15) is 18.0 Å². The molecule has 1 heterocycles. The van der Waals surface area contributed by atoms with Crippen molar-refractivity contribution in [1.29, 1.82) is 0 Å². The van der Waals surface area contributed by atoms with Crippen LogP contribution in [0.4, 0.5) is 5.69 Å². The number of aromatic nitrogens is 3. The van der Waals surface area contributed by atoms with Gasteiger partial charge in [-0.25, -0.2) is 8.42 Å². The third-order valence-corrected chi connectivity index (χ3v) is 6.11. The van der Waals surface area contributed by atoms with Crippen molar-refractivity contribution in [2.75, 3.05) is 11.3 Å². The van der Waals surface area contributed by atoms with Crippen molar-refractivity contribution in [3.63, 3.8) is 0 Å². The Kier molecular flexibility index (Phi) is 6.41. The number of nitrogens with zero attached hydrogens (tertiary/aromatic N) is 2. The van der Waals surface area contributed by atoms with Gasteiger partial charge in [-0.15, -0.1) is 0 Å². The number of benzene rings is 3. The van der Waals surface area contributed by atoms with Gasteiger partial charge in [-0.3, -0.25) is 25.2 Å². The highest BCUT2D eigenvalue weighted by Gasteiger charge is 2.15. The first-order valence-corrected chi connectivity index (χ1v) is 11.6. The zero-order chi connectivity index (χ0) is 24.1. The number of hydrogen-bond acceptors (Lipinski definition) is 7. The van der Waals surface area contributed by atoms with Crippen LogP contribution in [0.25, 0.3) is 11.0 Å². The highest BCUT2D eigenvalue weighted by molar-refractivity contribution is 7.92. The fraction of sp³-hybridized carbons (Fsp3) is 0.0909. The van der Waals surface area contributed by atoms with Crippen LogP contribution in [0.2, 0.25) is 0 Å². The zero-order valence-electron chi connectivity index (χ0n) is 17.9. The maximum atomic E-state index is 12.6. The Hall–Kier alpha value is -4.45. The lowest BCUT2D eigenvalue weighted by molar-refractivity contribution is 0.0847. The second-order valence-corrected chi connectivity index (χ2v) is 8.71. The fourth-order valence-corrected chi connectivity index (χ4v) is 4.08. The Labute approximate surface area is 194 Å². The van der Waals surface area contributed by atoms with E-state index in [0.29, 0.717) is 29.0 Å². The van der Waals surface area contributed by atoms with Crippen molar-refractivity contribution in [1.82, 2.24) is 26.3 Å². The molecule has 174 valence electrons. The SMILES string of the molecule is CCOc1ccc(S(=O)(=O)Nc2ccc(C(=O)NNC(=O)c3ccc4n[nH]nc4c3)cc2)cc1. The van der Waals surface area contributed by atoms with Crippen LogP contribution in [0.15, 0.2) is 71.6 Å². The van der Waals surface area contributed by atoms with Gasteiger partial charge in [-0.1, -0.05) is 0 Å². The van der Waals surface area contributed by atoms with Gasteiger partial charge in [-0.05, 0) is 73.7 Å². The molecular weight excluding hydrogens is 460 g/mol. The number of anilines is 1. The number of ether oxygens (including phenoxy) is 1. The molecule has 0 unspecified atom stereocenters. The van der Waals surface area contributed by atoms with Gasteiger partial charge >= 0.3 is 0 Å². The summed E-state index contributed by atoms with van der Waals surface area (Å²) in [5.41, 5.74) is 6.55. The molecule has 4 aromatic rings. The van der Waals surface area contributed by atoms with Gasteiger partial charge in [0, 0.05) is 16.8 Å². The second kappa shape index (κ2) is 9.58. The van der Waals surface area contributed by atoms with E-state index in [1.165, 1.54) is 42.5 Å². The topological polar surface area (TPSA) is 155 Å². The number of nitrogens with one attached hydrogen (secondary N) is 4. The van der Waals surface area contributed by atoms with Crippen LogP contribution in [0.5, 0.6) is 5.75 Å². The average molecular weight is 481 g/mol. The van der Waals surface area contributed by atoms with E-state index in [1.54, 1.807) is 24.3 Å². The van der Waals surface area contributed by atoms with Gasteiger partial charge in [-0.2, -0.15) is 15.4 Å². The molecule has 0 spiro atoms. The van der Waals surface area contributed by atoms with E-state index in [2.05, 4.69) is 31.0 Å². The van der Waals surface area contributed by atoms with Crippen molar-refractivity contribution >= 4 is 38.6 Å². The molecule has 4 N–H and O–H groups in total. The number of carbonyl (C=O) groups excluding carboxylic acids is 2. The van der Waals surface area contributed by atoms with Crippen LogP contribution in [0.1, 0.15) is 27.6 Å². The van der Waals surface area contributed by atoms with Crippen LogP contribution < -0.4 is 20.3 Å². The molecule has 0 saturated heterocycles. The van der Waals surface area contributed by atoms with Gasteiger partial charge < -0.3 is 4.74 Å². The summed E-state index contributed by atoms with van der Waals surface area (Å²) in [6.07, 6.45) is 0. The number of aromatic amines is 1.